The van der Waals surface area contributed by atoms with E-state index in [1.54, 1.807) is 0 Å². The van der Waals surface area contributed by atoms with Crippen LogP contribution in [0.4, 0.5) is 10.5 Å². The number of nitrogens with one attached hydrogen (secondary N) is 2. The quantitative estimate of drug-likeness (QED) is 0.652. The third-order valence-corrected chi connectivity index (χ3v) is 3.09. The second kappa shape index (κ2) is 6.95. The van der Waals surface area contributed by atoms with E-state index < -0.39 is 24.6 Å². The lowest BCUT2D eigenvalue weighted by Gasteiger charge is -2.14. The van der Waals surface area contributed by atoms with Crippen molar-refractivity contribution in [3.05, 3.63) is 26.7 Å². The predicted molar refractivity (Wildman–Crippen MR) is 74.8 cm³/mol. The molecule has 0 aromatic heterocycles. The molecule has 1 rings (SSSR count). The minimum atomic E-state index is -1.41. The summed E-state index contributed by atoms with van der Waals surface area (Å²) in [5.74, 6) is -1.36. The highest BCUT2D eigenvalue weighted by Crippen LogP contribution is 2.33. The van der Waals surface area contributed by atoms with Crippen molar-refractivity contribution in [3.8, 4) is 0 Å². The molecule has 0 spiro atoms. The van der Waals surface area contributed by atoms with Gasteiger partial charge in [-0.2, -0.15) is 0 Å². The highest BCUT2D eigenvalue weighted by atomic mass is 79.9. The van der Waals surface area contributed by atoms with Crippen molar-refractivity contribution in [1.82, 2.24) is 5.32 Å². The second-order valence-corrected chi connectivity index (χ2v) is 5.15. The summed E-state index contributed by atoms with van der Waals surface area (Å²) in [5, 5.41) is 22.2. The number of carbonyl (C=O) groups excluding carboxylic acids is 1. The molecular weight excluding hydrogens is 363 g/mol. The number of amides is 2. The number of aliphatic hydroxyl groups is 1. The number of halogens is 3. The lowest BCUT2D eigenvalue weighted by atomic mass is 10.3. The van der Waals surface area contributed by atoms with Gasteiger partial charge in [-0.1, -0.05) is 39.1 Å². The van der Waals surface area contributed by atoms with E-state index in [9.17, 15) is 9.59 Å². The fourth-order valence-electron chi connectivity index (χ4n) is 1.15. The van der Waals surface area contributed by atoms with Crippen LogP contribution in [0.25, 0.3) is 0 Å². The third kappa shape index (κ3) is 4.54. The largest absolute Gasteiger partial charge is 0.480 e. The second-order valence-electron chi connectivity index (χ2n) is 3.42. The van der Waals surface area contributed by atoms with Gasteiger partial charge in [0, 0.05) is 4.47 Å². The van der Waals surface area contributed by atoms with Gasteiger partial charge in [-0.15, -0.1) is 0 Å². The van der Waals surface area contributed by atoms with E-state index >= 15 is 0 Å². The molecule has 0 fully saturated rings. The molecule has 4 N–H and O–H groups in total. The smallest absolute Gasteiger partial charge is 0.328 e. The molecule has 1 unspecified atom stereocenters. The van der Waals surface area contributed by atoms with Crippen LogP contribution >= 0.6 is 39.1 Å². The van der Waals surface area contributed by atoms with Gasteiger partial charge in [0.15, 0.2) is 6.04 Å². The molecule has 0 saturated carbocycles. The Labute approximate surface area is 126 Å². The van der Waals surface area contributed by atoms with Crippen molar-refractivity contribution < 1.29 is 19.8 Å². The number of anilines is 1. The number of carbonyl (C=O) groups is 2. The Morgan fingerprint density at radius 3 is 2.26 bits per heavy atom. The van der Waals surface area contributed by atoms with Crippen LogP contribution in [0.15, 0.2) is 16.6 Å². The molecule has 1 atom stereocenters. The SMILES string of the molecule is O=C(Nc1c(Cl)cc(Br)cc1Cl)NC(CO)C(=O)O. The summed E-state index contributed by atoms with van der Waals surface area (Å²) in [4.78, 5) is 22.2. The standard InChI is InChI=1S/C10H9BrCl2N2O4/c11-4-1-5(12)8(6(13)2-4)15-10(19)14-7(3-16)9(17)18/h1-2,7,16H,3H2,(H,17,18)(H2,14,15,19). The average molecular weight is 372 g/mol. The van der Waals surface area contributed by atoms with Crippen molar-refractivity contribution in [1.29, 1.82) is 0 Å². The third-order valence-electron chi connectivity index (χ3n) is 2.03. The van der Waals surface area contributed by atoms with Crippen LogP contribution in [0.3, 0.4) is 0 Å². The Bertz CT molecular complexity index is 489. The van der Waals surface area contributed by atoms with Crippen molar-refractivity contribution in [2.24, 2.45) is 0 Å². The Hall–Kier alpha value is -1.02. The zero-order chi connectivity index (χ0) is 14.6. The van der Waals surface area contributed by atoms with Gasteiger partial charge in [-0.25, -0.2) is 9.59 Å². The van der Waals surface area contributed by atoms with Gasteiger partial charge in [-0.3, -0.25) is 0 Å². The number of hydrogen-bond acceptors (Lipinski definition) is 3. The molecule has 9 heteroatoms. The van der Waals surface area contributed by atoms with Crippen LogP contribution in [-0.2, 0) is 4.79 Å². The van der Waals surface area contributed by atoms with E-state index in [-0.39, 0.29) is 15.7 Å². The maximum atomic E-state index is 11.5. The summed E-state index contributed by atoms with van der Waals surface area (Å²) < 4.78 is 0.632. The molecule has 6 nitrogen and oxygen atoms in total. The first kappa shape index (κ1) is 16.0. The van der Waals surface area contributed by atoms with Crippen molar-refractivity contribution in [2.75, 3.05) is 11.9 Å². The lowest BCUT2D eigenvalue weighted by Crippen LogP contribution is -2.45. The molecule has 2 amide bonds. The highest BCUT2D eigenvalue weighted by molar-refractivity contribution is 9.10. The van der Waals surface area contributed by atoms with E-state index in [1.807, 2.05) is 0 Å². The maximum absolute atomic E-state index is 11.5. The topological polar surface area (TPSA) is 98.7 Å². The molecular formula is C10H9BrCl2N2O4. The molecule has 1 aromatic carbocycles. The Kier molecular flexibility index (Phi) is 5.86. The predicted octanol–water partition coefficient (Wildman–Crippen LogP) is 2.32. The van der Waals surface area contributed by atoms with Crippen LogP contribution in [0.2, 0.25) is 10.0 Å². The highest BCUT2D eigenvalue weighted by Gasteiger charge is 2.19. The number of carboxylic acid groups (broad SMARTS) is 1. The Morgan fingerprint density at radius 2 is 1.84 bits per heavy atom. The first-order valence-corrected chi connectivity index (χ1v) is 6.45. The molecule has 104 valence electrons. The van der Waals surface area contributed by atoms with E-state index in [0.717, 1.165) is 0 Å². The summed E-state index contributed by atoms with van der Waals surface area (Å²) >= 11 is 15.0. The van der Waals surface area contributed by atoms with Gasteiger partial charge in [0.25, 0.3) is 0 Å². The Balaban J connectivity index is 2.80. The number of carboxylic acids is 1. The fourth-order valence-corrected chi connectivity index (χ4v) is 2.46. The van der Waals surface area contributed by atoms with Crippen molar-refractivity contribution in [3.63, 3.8) is 0 Å². The normalized spacial score (nSPS) is 11.8. The molecule has 0 saturated heterocycles. The number of rotatable bonds is 4. The van der Waals surface area contributed by atoms with Crippen LogP contribution in [0.1, 0.15) is 0 Å². The number of hydrogen-bond donors (Lipinski definition) is 4. The zero-order valence-corrected chi connectivity index (χ0v) is 12.4. The van der Waals surface area contributed by atoms with Crippen molar-refractivity contribution >= 4 is 56.8 Å². The lowest BCUT2D eigenvalue weighted by molar-refractivity contribution is -0.140. The van der Waals surface area contributed by atoms with Crippen LogP contribution in [0.5, 0.6) is 0 Å². The van der Waals surface area contributed by atoms with Gasteiger partial charge in [0.1, 0.15) is 0 Å². The number of benzene rings is 1. The minimum absolute atomic E-state index is 0.145. The summed E-state index contributed by atoms with van der Waals surface area (Å²) in [6, 6.07) is 0.786. The van der Waals surface area contributed by atoms with E-state index in [0.29, 0.717) is 4.47 Å². The molecule has 0 aliphatic heterocycles. The molecule has 0 radical (unpaired) electrons. The maximum Gasteiger partial charge on any atom is 0.328 e. The monoisotopic (exact) mass is 370 g/mol. The summed E-state index contributed by atoms with van der Waals surface area (Å²) in [7, 11) is 0. The first-order valence-electron chi connectivity index (χ1n) is 4.91. The minimum Gasteiger partial charge on any atom is -0.480 e. The van der Waals surface area contributed by atoms with Crippen LogP contribution < -0.4 is 10.6 Å². The van der Waals surface area contributed by atoms with Gasteiger partial charge in [-0.05, 0) is 12.1 Å². The number of urea groups is 1. The first-order chi connectivity index (χ1) is 8.85. The summed E-state index contributed by atoms with van der Waals surface area (Å²) in [6.07, 6.45) is 0. The molecule has 0 aliphatic rings. The van der Waals surface area contributed by atoms with E-state index in [4.69, 9.17) is 33.4 Å². The van der Waals surface area contributed by atoms with Gasteiger partial charge in [0.2, 0.25) is 0 Å². The fraction of sp³-hybridized carbons (Fsp3) is 0.200. The average Bonchev–Trinajstić information content (AvgIpc) is 2.30. The molecule has 1 aromatic rings. The van der Waals surface area contributed by atoms with Crippen LogP contribution in [-0.4, -0.2) is 34.9 Å². The molecule has 0 heterocycles. The summed E-state index contributed by atoms with van der Waals surface area (Å²) in [6.45, 7) is -0.732. The van der Waals surface area contributed by atoms with E-state index in [2.05, 4.69) is 26.6 Å². The molecule has 0 aliphatic carbocycles. The number of aliphatic hydroxyl groups excluding tert-OH is 1. The molecule has 19 heavy (non-hydrogen) atoms. The number of aliphatic carboxylic acids is 1. The Morgan fingerprint density at radius 1 is 1.32 bits per heavy atom. The van der Waals surface area contributed by atoms with Gasteiger partial charge < -0.3 is 20.8 Å². The summed E-state index contributed by atoms with van der Waals surface area (Å²) in [5.41, 5.74) is 0.145. The van der Waals surface area contributed by atoms with Crippen LogP contribution in [0, 0.1) is 0 Å². The van der Waals surface area contributed by atoms with Gasteiger partial charge in [0.05, 0.1) is 22.3 Å². The van der Waals surface area contributed by atoms with E-state index in [1.165, 1.54) is 12.1 Å². The van der Waals surface area contributed by atoms with Crippen molar-refractivity contribution in [2.45, 2.75) is 6.04 Å². The van der Waals surface area contributed by atoms with Gasteiger partial charge >= 0.3 is 12.0 Å². The molecule has 0 bridgehead atoms. The zero-order valence-electron chi connectivity index (χ0n) is 9.28.